The Morgan fingerprint density at radius 3 is 2.08 bits per heavy atom. The van der Waals surface area contributed by atoms with E-state index in [1.807, 2.05) is 0 Å². The van der Waals surface area contributed by atoms with E-state index >= 15 is 0 Å². The van der Waals surface area contributed by atoms with Crippen molar-refractivity contribution in [1.82, 2.24) is 0 Å². The monoisotopic (exact) mass is 340 g/mol. The third-order valence-corrected chi connectivity index (χ3v) is 5.63. The van der Waals surface area contributed by atoms with Crippen LogP contribution in [0.3, 0.4) is 0 Å². The van der Waals surface area contributed by atoms with Crippen molar-refractivity contribution in [3.05, 3.63) is 41.5 Å². The van der Waals surface area contributed by atoms with Crippen molar-refractivity contribution in [2.75, 3.05) is 0 Å². The number of hydrogen-bond donors (Lipinski definition) is 0. The van der Waals surface area contributed by atoms with E-state index in [1.54, 1.807) is 16.7 Å². The van der Waals surface area contributed by atoms with Crippen LogP contribution in [0.5, 0.6) is 0 Å². The van der Waals surface area contributed by atoms with E-state index in [9.17, 15) is 0 Å². The molecule has 0 nitrogen and oxygen atoms in total. The summed E-state index contributed by atoms with van der Waals surface area (Å²) in [6.07, 6.45) is 16.3. The van der Waals surface area contributed by atoms with E-state index in [-0.39, 0.29) is 0 Å². The molecule has 1 aliphatic rings. The molecule has 1 aliphatic carbocycles. The van der Waals surface area contributed by atoms with Gasteiger partial charge in [0.2, 0.25) is 0 Å². The first-order valence-electron chi connectivity index (χ1n) is 10.9. The maximum atomic E-state index is 2.61. The predicted molar refractivity (Wildman–Crippen MR) is 113 cm³/mol. The zero-order valence-corrected chi connectivity index (χ0v) is 17.2. The highest BCUT2D eigenvalue weighted by Gasteiger charge is 2.21. The lowest BCUT2D eigenvalue weighted by molar-refractivity contribution is 0.514. The van der Waals surface area contributed by atoms with Crippen LogP contribution in [-0.2, 0) is 0 Å². The summed E-state index contributed by atoms with van der Waals surface area (Å²) in [5.41, 5.74) is 4.79. The first-order valence-corrected chi connectivity index (χ1v) is 10.9. The van der Waals surface area contributed by atoms with Gasteiger partial charge in [0.25, 0.3) is 0 Å². The Bertz CT molecular complexity index is 521. The van der Waals surface area contributed by atoms with Crippen LogP contribution < -0.4 is 0 Å². The topological polar surface area (TPSA) is 0 Å². The molecule has 0 saturated heterocycles. The molecule has 1 aromatic rings. The highest BCUT2D eigenvalue weighted by molar-refractivity contribution is 5.74. The van der Waals surface area contributed by atoms with Gasteiger partial charge in [-0.05, 0) is 47.8 Å². The van der Waals surface area contributed by atoms with Gasteiger partial charge in [0, 0.05) is 5.92 Å². The minimum absolute atomic E-state index is 0.681. The smallest absolute Gasteiger partial charge is 0.00300 e. The second kappa shape index (κ2) is 10.8. The first-order chi connectivity index (χ1) is 12.1. The minimum atomic E-state index is 0.681. The molecule has 0 amide bonds. The molecule has 0 radical (unpaired) electrons. The maximum absolute atomic E-state index is 2.61. The molecule has 0 aromatic heterocycles. The van der Waals surface area contributed by atoms with Gasteiger partial charge in [0.05, 0.1) is 0 Å². The molecule has 1 unspecified atom stereocenters. The van der Waals surface area contributed by atoms with Crippen molar-refractivity contribution in [3.8, 4) is 0 Å². The molecule has 0 heterocycles. The Hall–Kier alpha value is -1.04. The number of hydrogen-bond acceptors (Lipinski definition) is 0. The first kappa shape index (κ1) is 20.3. The van der Waals surface area contributed by atoms with Crippen molar-refractivity contribution in [3.63, 3.8) is 0 Å². The highest BCUT2D eigenvalue weighted by atomic mass is 14.3. The summed E-state index contributed by atoms with van der Waals surface area (Å²) in [5.74, 6) is 2.39. The lowest BCUT2D eigenvalue weighted by Gasteiger charge is -2.11. The average Bonchev–Trinajstić information content (AvgIpc) is 2.92. The number of allylic oxidation sites excluding steroid dienone is 2. The lowest BCUT2D eigenvalue weighted by atomic mass is 9.94. The zero-order valence-electron chi connectivity index (χ0n) is 17.2. The van der Waals surface area contributed by atoms with Crippen LogP contribution in [0.4, 0.5) is 0 Å². The summed E-state index contributed by atoms with van der Waals surface area (Å²) >= 11 is 0. The van der Waals surface area contributed by atoms with Crippen LogP contribution in [0.15, 0.2) is 30.3 Å². The van der Waals surface area contributed by atoms with Gasteiger partial charge >= 0.3 is 0 Å². The second-order valence-corrected chi connectivity index (χ2v) is 8.91. The fourth-order valence-corrected chi connectivity index (χ4v) is 4.13. The molecule has 140 valence electrons. The fraction of sp³-hybridized carbons (Fsp3) is 0.680. The molecule has 0 bridgehead atoms. The van der Waals surface area contributed by atoms with Crippen LogP contribution in [0.2, 0.25) is 0 Å². The van der Waals surface area contributed by atoms with Crippen molar-refractivity contribution in [2.45, 2.75) is 97.8 Å². The number of unbranched alkanes of at least 4 members (excludes halogenated alkanes) is 4. The van der Waals surface area contributed by atoms with Crippen LogP contribution in [0.25, 0.3) is 5.57 Å². The van der Waals surface area contributed by atoms with Crippen molar-refractivity contribution in [2.24, 2.45) is 11.8 Å². The van der Waals surface area contributed by atoms with Gasteiger partial charge in [-0.3, -0.25) is 0 Å². The molecule has 0 spiro atoms. The van der Waals surface area contributed by atoms with E-state index in [1.165, 1.54) is 64.2 Å². The average molecular weight is 341 g/mol. The zero-order chi connectivity index (χ0) is 18.1. The Morgan fingerprint density at radius 2 is 1.40 bits per heavy atom. The molecule has 2 rings (SSSR count). The number of rotatable bonds is 12. The molecule has 0 aliphatic heterocycles. The quantitative estimate of drug-likeness (QED) is 0.335. The molecule has 0 fully saturated rings. The van der Waals surface area contributed by atoms with Crippen LogP contribution in [0.1, 0.15) is 109 Å². The summed E-state index contributed by atoms with van der Waals surface area (Å²) in [5, 5.41) is 0. The van der Waals surface area contributed by atoms with Gasteiger partial charge in [-0.2, -0.15) is 0 Å². The Labute approximate surface area is 157 Å². The van der Waals surface area contributed by atoms with Gasteiger partial charge in [0.1, 0.15) is 0 Å². The van der Waals surface area contributed by atoms with Crippen molar-refractivity contribution in [1.29, 1.82) is 0 Å². The normalized spacial score (nSPS) is 16.6. The third kappa shape index (κ3) is 7.00. The van der Waals surface area contributed by atoms with Gasteiger partial charge in [-0.1, -0.05) is 103 Å². The molecule has 1 atom stereocenters. The maximum Gasteiger partial charge on any atom is 0.00300 e. The number of benzene rings is 1. The third-order valence-electron chi connectivity index (χ3n) is 5.63. The van der Waals surface area contributed by atoms with E-state index < -0.39 is 0 Å². The molecular weight excluding hydrogens is 300 g/mol. The molecule has 0 N–H and O–H groups in total. The summed E-state index contributed by atoms with van der Waals surface area (Å²) in [6.45, 7) is 9.34. The summed E-state index contributed by atoms with van der Waals surface area (Å²) in [7, 11) is 0. The summed E-state index contributed by atoms with van der Waals surface area (Å²) in [4.78, 5) is 0. The largest absolute Gasteiger partial charge is 0.0732 e. The Balaban J connectivity index is 1.81. The Morgan fingerprint density at radius 1 is 0.760 bits per heavy atom. The van der Waals surface area contributed by atoms with Crippen LogP contribution in [-0.4, -0.2) is 0 Å². The van der Waals surface area contributed by atoms with Gasteiger partial charge in [-0.25, -0.2) is 0 Å². The van der Waals surface area contributed by atoms with E-state index in [4.69, 9.17) is 0 Å². The SMILES string of the molecule is CC(C)CCCCCC1=CC(CCCCCC(C)C)c2ccccc21. The second-order valence-electron chi connectivity index (χ2n) is 8.91. The summed E-state index contributed by atoms with van der Waals surface area (Å²) < 4.78 is 0. The highest BCUT2D eigenvalue weighted by Crippen LogP contribution is 2.40. The predicted octanol–water partition coefficient (Wildman–Crippen LogP) is 8.38. The van der Waals surface area contributed by atoms with Crippen molar-refractivity contribution >= 4 is 5.57 Å². The van der Waals surface area contributed by atoms with E-state index in [2.05, 4.69) is 58.0 Å². The van der Waals surface area contributed by atoms with E-state index in [0.717, 1.165) is 11.8 Å². The molecule has 25 heavy (non-hydrogen) atoms. The van der Waals surface area contributed by atoms with Crippen molar-refractivity contribution < 1.29 is 0 Å². The van der Waals surface area contributed by atoms with Gasteiger partial charge < -0.3 is 0 Å². The van der Waals surface area contributed by atoms with E-state index in [0.29, 0.717) is 5.92 Å². The Kier molecular flexibility index (Phi) is 8.79. The fourth-order valence-electron chi connectivity index (χ4n) is 4.13. The van der Waals surface area contributed by atoms with Gasteiger partial charge in [0.15, 0.2) is 0 Å². The van der Waals surface area contributed by atoms with Crippen LogP contribution >= 0.6 is 0 Å². The standard InChI is InChI=1S/C25H40/c1-20(2)13-7-5-9-15-22-19-23(16-10-6-8-14-21(3)4)25-18-12-11-17-24(22)25/h11-12,17-22H,5-10,13-16H2,1-4H3. The lowest BCUT2D eigenvalue weighted by Crippen LogP contribution is -1.94. The molecular formula is C25H40. The van der Waals surface area contributed by atoms with Gasteiger partial charge in [-0.15, -0.1) is 0 Å². The van der Waals surface area contributed by atoms with Crippen LogP contribution in [0, 0.1) is 11.8 Å². The minimum Gasteiger partial charge on any atom is -0.0732 e. The number of fused-ring (bicyclic) bond motifs is 1. The summed E-state index contributed by atoms with van der Waals surface area (Å²) in [6, 6.07) is 9.17. The molecule has 1 aromatic carbocycles. The molecule has 0 heteroatoms. The molecule has 0 saturated carbocycles.